The van der Waals surface area contributed by atoms with E-state index in [0.29, 0.717) is 17.1 Å². The molecule has 3 rings (SSSR count). The summed E-state index contributed by atoms with van der Waals surface area (Å²) in [4.78, 5) is 39.6. The van der Waals surface area contributed by atoms with Crippen LogP contribution in [0, 0.1) is 0 Å². The van der Waals surface area contributed by atoms with Gasteiger partial charge in [0.05, 0.1) is 17.9 Å². The fraction of sp³-hybridized carbons (Fsp3) is 0.211. The molecule has 27 heavy (non-hydrogen) atoms. The molecule has 0 aromatic heterocycles. The maximum absolute atomic E-state index is 12.5. The average Bonchev–Trinajstić information content (AvgIpc) is 2.65. The van der Waals surface area contributed by atoms with Gasteiger partial charge in [0, 0.05) is 11.5 Å². The highest BCUT2D eigenvalue weighted by atomic mass is 79.9. The fourth-order valence-corrected chi connectivity index (χ4v) is 3.02. The molecule has 2 aromatic carbocycles. The Labute approximate surface area is 165 Å². The van der Waals surface area contributed by atoms with Crippen LogP contribution in [0.2, 0.25) is 0 Å². The van der Waals surface area contributed by atoms with Crippen LogP contribution < -0.4 is 15.0 Å². The molecule has 0 radical (unpaired) electrons. The summed E-state index contributed by atoms with van der Waals surface area (Å²) >= 11 is 3.36. The van der Waals surface area contributed by atoms with E-state index >= 15 is 0 Å². The molecule has 1 aliphatic rings. The summed E-state index contributed by atoms with van der Waals surface area (Å²) in [5, 5.41) is 2.74. The Balaban J connectivity index is 1.62. The first-order chi connectivity index (χ1) is 13.0. The minimum atomic E-state index is -0.345. The van der Waals surface area contributed by atoms with E-state index < -0.39 is 0 Å². The Morgan fingerprint density at radius 1 is 1.19 bits per heavy atom. The maximum Gasteiger partial charge on any atom is 0.265 e. The zero-order valence-electron chi connectivity index (χ0n) is 14.6. The van der Waals surface area contributed by atoms with Gasteiger partial charge in [-0.25, -0.2) is 0 Å². The number of likely N-dealkylation sites (N-methyl/N-ethyl adjacent to an activating group) is 1. The Kier molecular flexibility index (Phi) is 5.75. The van der Waals surface area contributed by atoms with Gasteiger partial charge in [0.2, 0.25) is 11.8 Å². The standard InChI is InChI=1S/C19H18BrN3O4/c1-22(10-17(24)21-14-7-3-2-6-13(14)20)18(25)11-23-15-8-4-5-9-16(15)27-12-19(23)26/h2-9H,10-12H2,1H3,(H,21,24). The van der Waals surface area contributed by atoms with Crippen molar-refractivity contribution in [2.75, 3.05) is 37.0 Å². The van der Waals surface area contributed by atoms with Crippen LogP contribution >= 0.6 is 15.9 Å². The third kappa shape index (κ3) is 4.46. The van der Waals surface area contributed by atoms with Gasteiger partial charge in [0.25, 0.3) is 5.91 Å². The summed E-state index contributed by atoms with van der Waals surface area (Å²) in [5.74, 6) is -0.416. The number of benzene rings is 2. The summed E-state index contributed by atoms with van der Waals surface area (Å²) in [6, 6.07) is 14.2. The van der Waals surface area contributed by atoms with E-state index in [1.165, 1.54) is 16.8 Å². The molecule has 3 amide bonds. The van der Waals surface area contributed by atoms with Crippen molar-refractivity contribution in [2.45, 2.75) is 0 Å². The molecule has 0 aliphatic carbocycles. The van der Waals surface area contributed by atoms with Crippen LogP contribution in [-0.4, -0.2) is 49.4 Å². The molecule has 7 nitrogen and oxygen atoms in total. The smallest absolute Gasteiger partial charge is 0.265 e. The highest BCUT2D eigenvalue weighted by molar-refractivity contribution is 9.10. The number of halogens is 1. The molecule has 1 aliphatic heterocycles. The molecule has 140 valence electrons. The van der Waals surface area contributed by atoms with Crippen LogP contribution in [0.5, 0.6) is 5.75 Å². The molecule has 0 atom stereocenters. The predicted molar refractivity (Wildman–Crippen MR) is 105 cm³/mol. The van der Waals surface area contributed by atoms with E-state index in [-0.39, 0.29) is 37.4 Å². The summed E-state index contributed by atoms with van der Waals surface area (Å²) in [5.41, 5.74) is 1.17. The first-order valence-electron chi connectivity index (χ1n) is 8.26. The zero-order valence-corrected chi connectivity index (χ0v) is 16.2. The number of ether oxygens (including phenoxy) is 1. The maximum atomic E-state index is 12.5. The van der Waals surface area contributed by atoms with Gasteiger partial charge >= 0.3 is 0 Å². The second kappa shape index (κ2) is 8.22. The minimum absolute atomic E-state index is 0.115. The van der Waals surface area contributed by atoms with Gasteiger partial charge in [-0.05, 0) is 40.2 Å². The van der Waals surface area contributed by atoms with E-state index in [4.69, 9.17) is 4.74 Å². The van der Waals surface area contributed by atoms with Crippen LogP contribution in [0.3, 0.4) is 0 Å². The lowest BCUT2D eigenvalue weighted by Crippen LogP contribution is -2.46. The molecular weight excluding hydrogens is 414 g/mol. The number of hydrogen-bond acceptors (Lipinski definition) is 4. The lowest BCUT2D eigenvalue weighted by molar-refractivity contribution is -0.133. The second-order valence-electron chi connectivity index (χ2n) is 6.01. The van der Waals surface area contributed by atoms with Gasteiger partial charge in [-0.2, -0.15) is 0 Å². The zero-order chi connectivity index (χ0) is 19.4. The van der Waals surface area contributed by atoms with Crippen molar-refractivity contribution in [2.24, 2.45) is 0 Å². The Morgan fingerprint density at radius 3 is 2.67 bits per heavy atom. The molecule has 0 spiro atoms. The number of anilines is 2. The van der Waals surface area contributed by atoms with Gasteiger partial charge in [0.1, 0.15) is 12.3 Å². The van der Waals surface area contributed by atoms with E-state index in [1.807, 2.05) is 12.1 Å². The van der Waals surface area contributed by atoms with Crippen molar-refractivity contribution < 1.29 is 19.1 Å². The van der Waals surface area contributed by atoms with E-state index in [9.17, 15) is 14.4 Å². The van der Waals surface area contributed by atoms with Crippen molar-refractivity contribution >= 4 is 45.0 Å². The summed E-state index contributed by atoms with van der Waals surface area (Å²) < 4.78 is 6.12. The minimum Gasteiger partial charge on any atom is -0.482 e. The summed E-state index contributed by atoms with van der Waals surface area (Å²) in [6.07, 6.45) is 0. The lowest BCUT2D eigenvalue weighted by Gasteiger charge is -2.30. The average molecular weight is 432 g/mol. The van der Waals surface area contributed by atoms with Crippen molar-refractivity contribution in [1.29, 1.82) is 0 Å². The molecular formula is C19H18BrN3O4. The number of fused-ring (bicyclic) bond motifs is 1. The van der Waals surface area contributed by atoms with Gasteiger partial charge < -0.3 is 15.0 Å². The fourth-order valence-electron chi connectivity index (χ4n) is 2.64. The van der Waals surface area contributed by atoms with Crippen LogP contribution in [-0.2, 0) is 14.4 Å². The number of carbonyl (C=O) groups is 3. The third-order valence-electron chi connectivity index (χ3n) is 4.06. The molecule has 0 unspecified atom stereocenters. The highest BCUT2D eigenvalue weighted by Gasteiger charge is 2.28. The van der Waals surface area contributed by atoms with Crippen LogP contribution in [0.25, 0.3) is 0 Å². The molecule has 1 N–H and O–H groups in total. The number of rotatable bonds is 5. The highest BCUT2D eigenvalue weighted by Crippen LogP contribution is 2.31. The van der Waals surface area contributed by atoms with Gasteiger partial charge in [-0.1, -0.05) is 24.3 Å². The van der Waals surface area contributed by atoms with Gasteiger partial charge in [-0.3, -0.25) is 19.3 Å². The molecule has 0 saturated carbocycles. The predicted octanol–water partition coefficient (Wildman–Crippen LogP) is 2.27. The van der Waals surface area contributed by atoms with Crippen molar-refractivity contribution in [3.8, 4) is 5.75 Å². The second-order valence-corrected chi connectivity index (χ2v) is 6.87. The molecule has 0 fully saturated rings. The Bertz CT molecular complexity index is 887. The molecule has 2 aromatic rings. The van der Waals surface area contributed by atoms with E-state index in [1.54, 1.807) is 36.4 Å². The van der Waals surface area contributed by atoms with Crippen molar-refractivity contribution in [3.05, 3.63) is 53.0 Å². The number of nitrogens with zero attached hydrogens (tertiary/aromatic N) is 2. The van der Waals surface area contributed by atoms with Crippen molar-refractivity contribution in [3.63, 3.8) is 0 Å². The van der Waals surface area contributed by atoms with Crippen LogP contribution in [0.1, 0.15) is 0 Å². The van der Waals surface area contributed by atoms with Crippen LogP contribution in [0.4, 0.5) is 11.4 Å². The van der Waals surface area contributed by atoms with Crippen LogP contribution in [0.15, 0.2) is 53.0 Å². The third-order valence-corrected chi connectivity index (χ3v) is 4.75. The molecule has 0 saturated heterocycles. The Hall–Kier alpha value is -2.87. The first kappa shape index (κ1) is 18.9. The van der Waals surface area contributed by atoms with Gasteiger partial charge in [-0.15, -0.1) is 0 Å². The summed E-state index contributed by atoms with van der Waals surface area (Å²) in [6.45, 7) is -0.394. The topological polar surface area (TPSA) is 79.0 Å². The number of nitrogens with one attached hydrogen (secondary N) is 1. The van der Waals surface area contributed by atoms with E-state index in [0.717, 1.165) is 4.47 Å². The summed E-state index contributed by atoms with van der Waals surface area (Å²) in [7, 11) is 1.53. The number of carbonyl (C=O) groups excluding carboxylic acids is 3. The number of amides is 3. The van der Waals surface area contributed by atoms with Crippen molar-refractivity contribution in [1.82, 2.24) is 4.90 Å². The largest absolute Gasteiger partial charge is 0.482 e. The lowest BCUT2D eigenvalue weighted by atomic mass is 10.2. The normalized spacial score (nSPS) is 12.8. The Morgan fingerprint density at radius 2 is 1.89 bits per heavy atom. The SMILES string of the molecule is CN(CC(=O)Nc1ccccc1Br)C(=O)CN1C(=O)COc2ccccc21. The van der Waals surface area contributed by atoms with Gasteiger partial charge in [0.15, 0.2) is 6.61 Å². The molecule has 8 heteroatoms. The number of hydrogen-bond donors (Lipinski definition) is 1. The van der Waals surface area contributed by atoms with E-state index in [2.05, 4.69) is 21.2 Å². The monoisotopic (exact) mass is 431 g/mol. The quantitative estimate of drug-likeness (QED) is 0.787. The molecule has 1 heterocycles. The molecule has 0 bridgehead atoms. The number of para-hydroxylation sites is 3. The first-order valence-corrected chi connectivity index (χ1v) is 9.05.